The summed E-state index contributed by atoms with van der Waals surface area (Å²) >= 11 is 6.86. The van der Waals surface area contributed by atoms with Crippen LogP contribution in [0.5, 0.6) is 0 Å². The summed E-state index contributed by atoms with van der Waals surface area (Å²) in [5.74, 6) is 0.258. The number of thiazole rings is 1. The minimum atomic E-state index is -0.337. The molecule has 7 heteroatoms. The molecule has 0 saturated carbocycles. The van der Waals surface area contributed by atoms with E-state index in [9.17, 15) is 4.79 Å². The van der Waals surface area contributed by atoms with Gasteiger partial charge in [-0.1, -0.05) is 24.3 Å². The van der Waals surface area contributed by atoms with E-state index in [0.717, 1.165) is 26.5 Å². The Kier molecular flexibility index (Phi) is 5.27. The van der Waals surface area contributed by atoms with Crippen LogP contribution in [0.1, 0.15) is 5.76 Å². The number of anilines is 1. The van der Waals surface area contributed by atoms with E-state index in [1.165, 1.54) is 6.08 Å². The molecule has 0 radical (unpaired) electrons. The number of amides is 1. The molecule has 0 saturated heterocycles. The molecule has 2 N–H and O–H groups in total. The van der Waals surface area contributed by atoms with Gasteiger partial charge < -0.3 is 9.73 Å². The summed E-state index contributed by atoms with van der Waals surface area (Å²) in [5, 5.41) is 6.79. The van der Waals surface area contributed by atoms with Crippen molar-refractivity contribution in [3.05, 3.63) is 78.8 Å². The highest BCUT2D eigenvalue weighted by atomic mass is 32.1. The first kappa shape index (κ1) is 18.1. The third-order valence-electron chi connectivity index (χ3n) is 3.84. The van der Waals surface area contributed by atoms with E-state index < -0.39 is 0 Å². The van der Waals surface area contributed by atoms with Crippen LogP contribution < -0.4 is 10.6 Å². The molecule has 0 aliphatic heterocycles. The number of rotatable bonds is 4. The molecule has 4 aromatic rings. The summed E-state index contributed by atoms with van der Waals surface area (Å²) in [4.78, 5) is 16.6. The number of hydrogen-bond donors (Lipinski definition) is 2. The van der Waals surface area contributed by atoms with Gasteiger partial charge in [0.25, 0.3) is 0 Å². The second-order valence-corrected chi connectivity index (χ2v) is 7.30. The molecule has 0 fully saturated rings. The van der Waals surface area contributed by atoms with Gasteiger partial charge in [-0.15, -0.1) is 11.3 Å². The number of furan rings is 1. The van der Waals surface area contributed by atoms with Crippen molar-refractivity contribution in [3.8, 4) is 10.6 Å². The van der Waals surface area contributed by atoms with Gasteiger partial charge in [0.2, 0.25) is 5.91 Å². The van der Waals surface area contributed by atoms with Gasteiger partial charge in [-0.05, 0) is 54.7 Å². The van der Waals surface area contributed by atoms with Crippen molar-refractivity contribution in [2.45, 2.75) is 0 Å². The van der Waals surface area contributed by atoms with Gasteiger partial charge >= 0.3 is 0 Å². The van der Waals surface area contributed by atoms with Crippen LogP contribution >= 0.6 is 23.6 Å². The van der Waals surface area contributed by atoms with E-state index >= 15 is 0 Å². The number of nitrogens with one attached hydrogen (secondary N) is 2. The van der Waals surface area contributed by atoms with Gasteiger partial charge in [0, 0.05) is 17.3 Å². The van der Waals surface area contributed by atoms with Crippen molar-refractivity contribution in [2.24, 2.45) is 0 Å². The van der Waals surface area contributed by atoms with Crippen molar-refractivity contribution in [1.82, 2.24) is 10.3 Å². The van der Waals surface area contributed by atoms with Gasteiger partial charge in [0.15, 0.2) is 5.11 Å². The first-order valence-electron chi connectivity index (χ1n) is 8.47. The lowest BCUT2D eigenvalue weighted by atomic mass is 10.2. The lowest BCUT2D eigenvalue weighted by Crippen LogP contribution is -2.32. The molecule has 5 nitrogen and oxygen atoms in total. The highest BCUT2D eigenvalue weighted by Gasteiger charge is 2.08. The summed E-state index contributed by atoms with van der Waals surface area (Å²) < 4.78 is 6.28. The third-order valence-corrected chi connectivity index (χ3v) is 5.13. The molecule has 1 amide bonds. The number of nitrogens with zero attached hydrogens (tertiary/aromatic N) is 1. The number of carbonyl (C=O) groups excluding carboxylic acids is 1. The first-order valence-corrected chi connectivity index (χ1v) is 9.69. The zero-order valence-electron chi connectivity index (χ0n) is 14.6. The molecule has 28 heavy (non-hydrogen) atoms. The third kappa shape index (κ3) is 4.33. The number of benzene rings is 2. The topological polar surface area (TPSA) is 67.2 Å². The standard InChI is InChI=1S/C21H15N3O2S2/c25-19(11-10-16-7-4-12-26-16)24-21(27)22-15-6-3-5-14(13-15)20-23-17-8-1-2-9-18(17)28-20/h1-13H,(H2,22,24,25,27). The molecule has 0 spiro atoms. The summed E-state index contributed by atoms with van der Waals surface area (Å²) in [6, 6.07) is 19.3. The normalized spacial score (nSPS) is 11.0. The Morgan fingerprint density at radius 2 is 2.00 bits per heavy atom. The fraction of sp³-hybridized carbons (Fsp3) is 0. The van der Waals surface area contributed by atoms with Crippen LogP contribution in [0.25, 0.3) is 26.9 Å². The highest BCUT2D eigenvalue weighted by Crippen LogP contribution is 2.31. The zero-order valence-corrected chi connectivity index (χ0v) is 16.2. The predicted octanol–water partition coefficient (Wildman–Crippen LogP) is 5.08. The summed E-state index contributed by atoms with van der Waals surface area (Å²) in [6.07, 6.45) is 4.48. The van der Waals surface area contributed by atoms with Crippen molar-refractivity contribution in [2.75, 3.05) is 5.32 Å². The second kappa shape index (κ2) is 8.16. The van der Waals surface area contributed by atoms with Crippen molar-refractivity contribution < 1.29 is 9.21 Å². The maximum absolute atomic E-state index is 12.0. The molecule has 2 aromatic carbocycles. The molecule has 0 aliphatic carbocycles. The lowest BCUT2D eigenvalue weighted by Gasteiger charge is -2.09. The second-order valence-electron chi connectivity index (χ2n) is 5.86. The smallest absolute Gasteiger partial charge is 0.250 e. The largest absolute Gasteiger partial charge is 0.465 e. The van der Waals surface area contributed by atoms with Crippen LogP contribution in [0.4, 0.5) is 5.69 Å². The van der Waals surface area contributed by atoms with E-state index in [4.69, 9.17) is 16.6 Å². The molecule has 138 valence electrons. The van der Waals surface area contributed by atoms with Gasteiger partial charge in [-0.25, -0.2) is 4.98 Å². The molecular formula is C21H15N3O2S2. The van der Waals surface area contributed by atoms with Crippen LogP contribution in [-0.4, -0.2) is 16.0 Å². The minimum Gasteiger partial charge on any atom is -0.465 e. The van der Waals surface area contributed by atoms with Crippen molar-refractivity contribution in [1.29, 1.82) is 0 Å². The Hall–Kier alpha value is -3.29. The van der Waals surface area contributed by atoms with Gasteiger partial charge in [0.05, 0.1) is 16.5 Å². The highest BCUT2D eigenvalue weighted by molar-refractivity contribution is 7.80. The van der Waals surface area contributed by atoms with Crippen LogP contribution in [0.2, 0.25) is 0 Å². The van der Waals surface area contributed by atoms with Gasteiger partial charge in [-0.2, -0.15) is 0 Å². The molecule has 0 unspecified atom stereocenters. The number of aromatic nitrogens is 1. The molecule has 2 heterocycles. The monoisotopic (exact) mass is 405 g/mol. The van der Waals surface area contributed by atoms with Crippen LogP contribution in [0.15, 0.2) is 77.4 Å². The maximum Gasteiger partial charge on any atom is 0.250 e. The summed E-state index contributed by atoms with van der Waals surface area (Å²) in [5.41, 5.74) is 2.74. The fourth-order valence-electron chi connectivity index (χ4n) is 2.59. The van der Waals surface area contributed by atoms with Crippen molar-refractivity contribution >= 4 is 56.6 Å². The number of para-hydroxylation sites is 1. The number of thiocarbonyl (C=S) groups is 1. The Labute approximate surface area is 170 Å². The maximum atomic E-state index is 12.0. The van der Waals surface area contributed by atoms with E-state index in [0.29, 0.717) is 5.76 Å². The van der Waals surface area contributed by atoms with E-state index in [2.05, 4.69) is 21.7 Å². The first-order chi connectivity index (χ1) is 13.7. The fourth-order valence-corrected chi connectivity index (χ4v) is 3.77. The quantitative estimate of drug-likeness (QED) is 0.366. The van der Waals surface area contributed by atoms with E-state index in [1.807, 2.05) is 42.5 Å². The average molecular weight is 406 g/mol. The molecule has 0 atom stereocenters. The Balaban J connectivity index is 1.42. The van der Waals surface area contributed by atoms with Crippen LogP contribution in [0, 0.1) is 0 Å². The number of fused-ring (bicyclic) bond motifs is 1. The molecule has 0 aliphatic rings. The molecule has 4 rings (SSSR count). The van der Waals surface area contributed by atoms with E-state index in [-0.39, 0.29) is 11.0 Å². The summed E-state index contributed by atoms with van der Waals surface area (Å²) in [7, 11) is 0. The summed E-state index contributed by atoms with van der Waals surface area (Å²) in [6.45, 7) is 0. The van der Waals surface area contributed by atoms with Crippen molar-refractivity contribution in [3.63, 3.8) is 0 Å². The van der Waals surface area contributed by atoms with Gasteiger partial charge in [-0.3, -0.25) is 10.1 Å². The Morgan fingerprint density at radius 3 is 2.82 bits per heavy atom. The Bertz CT molecular complexity index is 1130. The molecular weight excluding hydrogens is 390 g/mol. The van der Waals surface area contributed by atoms with E-state index in [1.54, 1.807) is 35.8 Å². The number of hydrogen-bond acceptors (Lipinski definition) is 5. The van der Waals surface area contributed by atoms with Gasteiger partial charge in [0.1, 0.15) is 10.8 Å². The van der Waals surface area contributed by atoms with Crippen LogP contribution in [-0.2, 0) is 4.79 Å². The number of carbonyl (C=O) groups is 1. The molecule has 2 aromatic heterocycles. The predicted molar refractivity (Wildman–Crippen MR) is 117 cm³/mol. The minimum absolute atomic E-state index is 0.218. The van der Waals surface area contributed by atoms with Crippen LogP contribution in [0.3, 0.4) is 0 Å². The zero-order chi connectivity index (χ0) is 19.3. The lowest BCUT2D eigenvalue weighted by molar-refractivity contribution is -0.115. The average Bonchev–Trinajstić information content (AvgIpc) is 3.36. The molecule has 0 bridgehead atoms. The Morgan fingerprint density at radius 1 is 1.11 bits per heavy atom. The SMILES string of the molecule is O=C(C=Cc1ccco1)NC(=S)Nc1cccc(-c2nc3ccccc3s2)c1.